The van der Waals surface area contributed by atoms with Gasteiger partial charge in [0.05, 0.1) is 17.9 Å². The van der Waals surface area contributed by atoms with Gasteiger partial charge in [0.2, 0.25) is 5.95 Å². The van der Waals surface area contributed by atoms with Crippen LogP contribution >= 0.6 is 0 Å². The van der Waals surface area contributed by atoms with Crippen LogP contribution in [0, 0.1) is 0 Å². The van der Waals surface area contributed by atoms with Crippen molar-refractivity contribution in [2.24, 2.45) is 0 Å². The highest BCUT2D eigenvalue weighted by Gasteiger charge is 2.21. The van der Waals surface area contributed by atoms with Crippen molar-refractivity contribution in [2.75, 3.05) is 29.6 Å². The summed E-state index contributed by atoms with van der Waals surface area (Å²) in [6.07, 6.45) is 1.86. The molecule has 31 heavy (non-hydrogen) atoms. The highest BCUT2D eigenvalue weighted by Crippen LogP contribution is 2.41. The number of benzene rings is 2. The summed E-state index contributed by atoms with van der Waals surface area (Å²) in [5.74, 6) is 0.738. The van der Waals surface area contributed by atoms with Crippen molar-refractivity contribution in [1.82, 2.24) is 9.97 Å². The Hall–Kier alpha value is -3.53. The molecule has 0 unspecified atom stereocenters. The van der Waals surface area contributed by atoms with E-state index in [4.69, 9.17) is 26.1 Å². The third-order valence-corrected chi connectivity index (χ3v) is 5.62. The van der Waals surface area contributed by atoms with Crippen molar-refractivity contribution in [1.29, 1.82) is 0 Å². The molecule has 0 amide bonds. The maximum atomic E-state index is 12.3. The maximum absolute atomic E-state index is 12.3. The van der Waals surface area contributed by atoms with Crippen molar-refractivity contribution >= 4 is 27.6 Å². The monoisotopic (exact) mass is 443 g/mol. The molecule has 1 heterocycles. The van der Waals surface area contributed by atoms with Crippen LogP contribution in [0.1, 0.15) is 25.0 Å². The number of nitrogens with zero attached hydrogens (tertiary/aromatic N) is 2. The fourth-order valence-electron chi connectivity index (χ4n) is 3.05. The lowest BCUT2D eigenvalue weighted by Gasteiger charge is -2.18. The van der Waals surface area contributed by atoms with Crippen LogP contribution in [-0.4, -0.2) is 30.7 Å². The molecule has 10 heteroatoms. The van der Waals surface area contributed by atoms with Crippen LogP contribution in [0.2, 0.25) is 0 Å². The number of anilines is 3. The van der Waals surface area contributed by atoms with Crippen molar-refractivity contribution in [3.8, 4) is 22.6 Å². The summed E-state index contributed by atoms with van der Waals surface area (Å²) in [5.41, 5.74) is 20.5. The molecule has 0 radical (unpaired) electrons. The van der Waals surface area contributed by atoms with Gasteiger partial charge < -0.3 is 26.1 Å². The second-order valence-corrected chi connectivity index (χ2v) is 8.63. The first-order chi connectivity index (χ1) is 14.7. The fraction of sp³-hybridized carbons (Fsp3) is 0.238. The maximum Gasteiger partial charge on any atom is 0.308 e. The van der Waals surface area contributed by atoms with Crippen molar-refractivity contribution in [3.05, 3.63) is 53.7 Å². The lowest BCUT2D eigenvalue weighted by atomic mass is 9.98. The van der Waals surface area contributed by atoms with Gasteiger partial charge in [-0.25, -0.2) is 4.98 Å². The summed E-state index contributed by atoms with van der Waals surface area (Å²) in [4.78, 5) is 7.95. The number of nitrogens with two attached hydrogens (primary N) is 3. The van der Waals surface area contributed by atoms with Crippen LogP contribution in [0.25, 0.3) is 11.1 Å². The van der Waals surface area contributed by atoms with E-state index in [1.54, 1.807) is 24.3 Å². The molecule has 0 fully saturated rings. The Labute approximate surface area is 181 Å². The van der Waals surface area contributed by atoms with Gasteiger partial charge in [-0.3, -0.25) is 0 Å². The van der Waals surface area contributed by atoms with Gasteiger partial charge in [-0.1, -0.05) is 12.1 Å². The minimum atomic E-state index is -3.80. The number of hydrogen-bond donors (Lipinski definition) is 3. The number of rotatable bonds is 8. The lowest BCUT2D eigenvalue weighted by Crippen LogP contribution is -2.13. The number of hydrogen-bond acceptors (Lipinski definition) is 9. The van der Waals surface area contributed by atoms with Crippen LogP contribution in [0.4, 0.5) is 17.5 Å². The molecule has 9 nitrogen and oxygen atoms in total. The molecule has 0 bridgehead atoms. The highest BCUT2D eigenvalue weighted by atomic mass is 32.2. The molecule has 0 saturated heterocycles. The SMILES string of the molecule is CCOc1cc(Cc2cnc(N)nc2N)cc(OS(=O)(=O)CC)c1-c1cccc(N)c1. The van der Waals surface area contributed by atoms with Gasteiger partial charge in [0.1, 0.15) is 11.6 Å². The summed E-state index contributed by atoms with van der Waals surface area (Å²) in [6, 6.07) is 10.5. The molecule has 3 aromatic rings. The molecule has 0 aliphatic rings. The zero-order valence-corrected chi connectivity index (χ0v) is 18.1. The van der Waals surface area contributed by atoms with Gasteiger partial charge in [-0.15, -0.1) is 0 Å². The van der Waals surface area contributed by atoms with E-state index in [1.165, 1.54) is 13.1 Å². The average Bonchev–Trinajstić information content (AvgIpc) is 2.70. The highest BCUT2D eigenvalue weighted by molar-refractivity contribution is 7.87. The molecule has 0 atom stereocenters. The topological polar surface area (TPSA) is 156 Å². The predicted octanol–water partition coefficient (Wildman–Crippen LogP) is 2.61. The third-order valence-electron chi connectivity index (χ3n) is 4.48. The minimum absolute atomic E-state index is 0.0753. The first kappa shape index (κ1) is 22.2. The number of ether oxygens (including phenoxy) is 1. The first-order valence-corrected chi connectivity index (χ1v) is 11.2. The van der Waals surface area contributed by atoms with E-state index >= 15 is 0 Å². The lowest BCUT2D eigenvalue weighted by molar-refractivity contribution is 0.340. The predicted molar refractivity (Wildman–Crippen MR) is 121 cm³/mol. The normalized spacial score (nSPS) is 11.3. The van der Waals surface area contributed by atoms with Gasteiger partial charge >= 0.3 is 10.1 Å². The largest absolute Gasteiger partial charge is 0.493 e. The Balaban J connectivity index is 2.19. The van der Waals surface area contributed by atoms with Gasteiger partial charge in [0.25, 0.3) is 0 Å². The van der Waals surface area contributed by atoms with Gasteiger partial charge in [-0.05, 0) is 49.2 Å². The Morgan fingerprint density at radius 3 is 2.42 bits per heavy atom. The van der Waals surface area contributed by atoms with E-state index in [0.29, 0.717) is 46.7 Å². The molecule has 0 aliphatic heterocycles. The Bertz CT molecular complexity index is 1200. The quantitative estimate of drug-likeness (QED) is 0.351. The standard InChI is InChI=1S/C21H25N5O4S/c1-3-29-17-9-13(8-15-12-25-21(24)26-20(15)23)10-18(30-31(27,28)4-2)19(17)14-6-5-7-16(22)11-14/h5-7,9-12H,3-4,8,22H2,1-2H3,(H4,23,24,25,26). The average molecular weight is 444 g/mol. The smallest absolute Gasteiger partial charge is 0.308 e. The van der Waals surface area contributed by atoms with E-state index in [1.807, 2.05) is 19.1 Å². The second kappa shape index (κ2) is 9.09. The molecular weight excluding hydrogens is 418 g/mol. The fourth-order valence-corrected chi connectivity index (χ4v) is 3.57. The third kappa shape index (κ3) is 5.34. The molecular formula is C21H25N5O4S. The summed E-state index contributed by atoms with van der Waals surface area (Å²) in [6.45, 7) is 3.71. The first-order valence-electron chi connectivity index (χ1n) is 9.67. The van der Waals surface area contributed by atoms with Crippen molar-refractivity contribution < 1.29 is 17.3 Å². The Kier molecular flexibility index (Phi) is 6.50. The molecule has 2 aromatic carbocycles. The van der Waals surface area contributed by atoms with Crippen LogP contribution in [0.15, 0.2) is 42.6 Å². The van der Waals surface area contributed by atoms with Gasteiger partial charge in [0.15, 0.2) is 5.75 Å². The molecule has 6 N–H and O–H groups in total. The van der Waals surface area contributed by atoms with Gasteiger partial charge in [-0.2, -0.15) is 13.4 Å². The summed E-state index contributed by atoms with van der Waals surface area (Å²) >= 11 is 0. The minimum Gasteiger partial charge on any atom is -0.493 e. The van der Waals surface area contributed by atoms with Crippen LogP contribution < -0.4 is 26.1 Å². The van der Waals surface area contributed by atoms with E-state index in [2.05, 4.69) is 9.97 Å². The summed E-state index contributed by atoms with van der Waals surface area (Å²) < 4.78 is 35.9. The molecule has 164 valence electrons. The van der Waals surface area contributed by atoms with E-state index in [9.17, 15) is 8.42 Å². The van der Waals surface area contributed by atoms with E-state index in [0.717, 1.165) is 0 Å². The van der Waals surface area contributed by atoms with E-state index in [-0.39, 0.29) is 23.3 Å². The molecule has 0 saturated carbocycles. The Morgan fingerprint density at radius 2 is 1.77 bits per heavy atom. The van der Waals surface area contributed by atoms with Crippen LogP contribution in [0.3, 0.4) is 0 Å². The van der Waals surface area contributed by atoms with Crippen LogP contribution in [-0.2, 0) is 16.5 Å². The molecule has 0 spiro atoms. The second-order valence-electron chi connectivity index (χ2n) is 6.77. The zero-order valence-electron chi connectivity index (χ0n) is 17.3. The molecule has 0 aliphatic carbocycles. The number of nitrogen functional groups attached to an aromatic ring is 3. The van der Waals surface area contributed by atoms with E-state index < -0.39 is 10.1 Å². The summed E-state index contributed by atoms with van der Waals surface area (Å²) in [5, 5.41) is 0. The van der Waals surface area contributed by atoms with Crippen molar-refractivity contribution in [3.63, 3.8) is 0 Å². The molecule has 3 rings (SSSR count). The van der Waals surface area contributed by atoms with Crippen LogP contribution in [0.5, 0.6) is 11.5 Å². The molecule has 1 aromatic heterocycles. The van der Waals surface area contributed by atoms with Crippen molar-refractivity contribution in [2.45, 2.75) is 20.3 Å². The van der Waals surface area contributed by atoms with Gasteiger partial charge in [0, 0.05) is 23.9 Å². The number of aromatic nitrogens is 2. The summed E-state index contributed by atoms with van der Waals surface area (Å²) in [7, 11) is -3.80. The zero-order chi connectivity index (χ0) is 22.6. The Morgan fingerprint density at radius 1 is 1.03 bits per heavy atom.